The first-order valence-electron chi connectivity index (χ1n) is 6.09. The van der Waals surface area contributed by atoms with Gasteiger partial charge in [0.25, 0.3) is 5.69 Å². The molecule has 1 aliphatic heterocycles. The summed E-state index contributed by atoms with van der Waals surface area (Å²) in [4.78, 5) is 23.4. The molecule has 1 aliphatic rings. The Morgan fingerprint density at radius 3 is 3.00 bits per heavy atom. The van der Waals surface area contributed by atoms with Gasteiger partial charge in [-0.15, -0.1) is 0 Å². The van der Waals surface area contributed by atoms with Gasteiger partial charge < -0.3 is 10.4 Å². The van der Waals surface area contributed by atoms with Gasteiger partial charge in [-0.25, -0.2) is 0 Å². The van der Waals surface area contributed by atoms with Gasteiger partial charge in [0.15, 0.2) is 0 Å². The fourth-order valence-electron chi connectivity index (χ4n) is 2.26. The number of nitro groups is 1. The van der Waals surface area contributed by atoms with Gasteiger partial charge in [0, 0.05) is 42.8 Å². The number of carboxylic acids is 1. The first kappa shape index (κ1) is 14.7. The Bertz CT molecular complexity index is 537. The van der Waals surface area contributed by atoms with Crippen molar-refractivity contribution < 1.29 is 14.8 Å². The van der Waals surface area contributed by atoms with E-state index in [-0.39, 0.29) is 12.2 Å². The SMILES string of the molecule is O=C(O)C1CNCCN1Cc1cc(Cl)ccc1[N+](=O)[O-]. The monoisotopic (exact) mass is 299 g/mol. The number of carboxylic acid groups (broad SMARTS) is 1. The van der Waals surface area contributed by atoms with Crippen LogP contribution in [-0.4, -0.2) is 46.6 Å². The van der Waals surface area contributed by atoms with Crippen molar-refractivity contribution >= 4 is 23.3 Å². The predicted molar refractivity (Wildman–Crippen MR) is 72.8 cm³/mol. The molecular weight excluding hydrogens is 286 g/mol. The third kappa shape index (κ3) is 3.24. The number of rotatable bonds is 4. The van der Waals surface area contributed by atoms with Crippen molar-refractivity contribution in [3.63, 3.8) is 0 Å². The average molecular weight is 300 g/mol. The van der Waals surface area contributed by atoms with E-state index in [1.54, 1.807) is 4.90 Å². The maximum atomic E-state index is 11.2. The highest BCUT2D eigenvalue weighted by molar-refractivity contribution is 6.30. The molecule has 1 saturated heterocycles. The predicted octanol–water partition coefficient (Wildman–Crippen LogP) is 1.11. The van der Waals surface area contributed by atoms with Crippen LogP contribution in [0.5, 0.6) is 0 Å². The van der Waals surface area contributed by atoms with E-state index >= 15 is 0 Å². The molecule has 1 aromatic rings. The minimum Gasteiger partial charge on any atom is -0.480 e. The van der Waals surface area contributed by atoms with Gasteiger partial charge in [-0.1, -0.05) is 11.6 Å². The van der Waals surface area contributed by atoms with E-state index in [0.29, 0.717) is 30.2 Å². The summed E-state index contributed by atoms with van der Waals surface area (Å²) in [5.41, 5.74) is 0.382. The molecule has 1 atom stereocenters. The smallest absolute Gasteiger partial charge is 0.322 e. The molecule has 0 bridgehead atoms. The average Bonchev–Trinajstić information content (AvgIpc) is 2.38. The van der Waals surface area contributed by atoms with Gasteiger partial charge in [0.1, 0.15) is 6.04 Å². The summed E-state index contributed by atoms with van der Waals surface area (Å²) >= 11 is 5.87. The fourth-order valence-corrected chi connectivity index (χ4v) is 2.45. The maximum Gasteiger partial charge on any atom is 0.322 e. The lowest BCUT2D eigenvalue weighted by molar-refractivity contribution is -0.385. The van der Waals surface area contributed by atoms with E-state index in [1.807, 2.05) is 0 Å². The molecule has 0 aromatic heterocycles. The highest BCUT2D eigenvalue weighted by Gasteiger charge is 2.29. The maximum absolute atomic E-state index is 11.2. The number of nitro benzene ring substituents is 1. The molecule has 8 heteroatoms. The summed E-state index contributed by atoms with van der Waals surface area (Å²) in [5, 5.41) is 23.6. The number of carbonyl (C=O) groups is 1. The molecule has 1 unspecified atom stereocenters. The zero-order chi connectivity index (χ0) is 14.7. The van der Waals surface area contributed by atoms with Crippen molar-refractivity contribution in [3.05, 3.63) is 38.9 Å². The summed E-state index contributed by atoms with van der Waals surface area (Å²) in [7, 11) is 0. The number of piperazine rings is 1. The standard InChI is InChI=1S/C12H14ClN3O4/c13-9-1-2-10(16(19)20)8(5-9)7-15-4-3-14-6-11(15)12(17)18/h1-2,5,11,14H,3-4,6-7H2,(H,17,18). The van der Waals surface area contributed by atoms with Crippen molar-refractivity contribution in [2.75, 3.05) is 19.6 Å². The van der Waals surface area contributed by atoms with Crippen molar-refractivity contribution in [3.8, 4) is 0 Å². The molecule has 7 nitrogen and oxygen atoms in total. The second-order valence-electron chi connectivity index (χ2n) is 4.56. The summed E-state index contributed by atoms with van der Waals surface area (Å²) in [6, 6.07) is 3.62. The van der Waals surface area contributed by atoms with Crippen LogP contribution < -0.4 is 5.32 Å². The van der Waals surface area contributed by atoms with E-state index in [0.717, 1.165) is 0 Å². The zero-order valence-electron chi connectivity index (χ0n) is 10.6. The third-order valence-corrected chi connectivity index (χ3v) is 3.49. The minimum atomic E-state index is -0.943. The first-order chi connectivity index (χ1) is 9.49. The van der Waals surface area contributed by atoms with Gasteiger partial charge in [-0.05, 0) is 12.1 Å². The topological polar surface area (TPSA) is 95.7 Å². The Hall–Kier alpha value is -1.70. The van der Waals surface area contributed by atoms with E-state index in [2.05, 4.69) is 5.32 Å². The molecule has 0 radical (unpaired) electrons. The highest BCUT2D eigenvalue weighted by Crippen LogP contribution is 2.25. The van der Waals surface area contributed by atoms with Crippen molar-refractivity contribution in [2.24, 2.45) is 0 Å². The van der Waals surface area contributed by atoms with Crippen LogP contribution in [0.15, 0.2) is 18.2 Å². The molecule has 20 heavy (non-hydrogen) atoms. The number of nitrogens with zero attached hydrogens (tertiary/aromatic N) is 2. The van der Waals surface area contributed by atoms with E-state index in [4.69, 9.17) is 11.6 Å². The van der Waals surface area contributed by atoms with Crippen LogP contribution in [0.4, 0.5) is 5.69 Å². The van der Waals surface area contributed by atoms with Crippen LogP contribution in [0.2, 0.25) is 5.02 Å². The second kappa shape index (κ2) is 6.17. The van der Waals surface area contributed by atoms with Crippen molar-refractivity contribution in [1.29, 1.82) is 0 Å². The van der Waals surface area contributed by atoms with Crippen molar-refractivity contribution in [1.82, 2.24) is 10.2 Å². The number of hydrogen-bond acceptors (Lipinski definition) is 5. The Balaban J connectivity index is 2.25. The molecule has 1 aromatic carbocycles. The molecular formula is C12H14ClN3O4. The number of hydrogen-bond donors (Lipinski definition) is 2. The number of halogens is 1. The quantitative estimate of drug-likeness (QED) is 0.638. The molecule has 0 spiro atoms. The molecule has 2 rings (SSSR count). The summed E-state index contributed by atoms with van der Waals surface area (Å²) < 4.78 is 0. The van der Waals surface area contributed by atoms with Crippen LogP contribution in [0, 0.1) is 10.1 Å². The fraction of sp³-hybridized carbons (Fsp3) is 0.417. The Kier molecular flexibility index (Phi) is 4.53. The molecule has 108 valence electrons. The Morgan fingerprint density at radius 2 is 2.35 bits per heavy atom. The van der Waals surface area contributed by atoms with Gasteiger partial charge in [0.05, 0.1) is 4.92 Å². The second-order valence-corrected chi connectivity index (χ2v) is 5.00. The van der Waals surface area contributed by atoms with E-state index in [1.165, 1.54) is 18.2 Å². The molecule has 0 aliphatic carbocycles. The van der Waals surface area contributed by atoms with Gasteiger partial charge in [0.2, 0.25) is 0 Å². The van der Waals surface area contributed by atoms with E-state index < -0.39 is 16.9 Å². The van der Waals surface area contributed by atoms with Crippen LogP contribution >= 0.6 is 11.6 Å². The Morgan fingerprint density at radius 1 is 1.60 bits per heavy atom. The van der Waals surface area contributed by atoms with Crippen LogP contribution in [-0.2, 0) is 11.3 Å². The van der Waals surface area contributed by atoms with Crippen LogP contribution in [0.3, 0.4) is 0 Å². The van der Waals surface area contributed by atoms with Gasteiger partial charge >= 0.3 is 5.97 Å². The Labute approximate surface area is 120 Å². The number of aliphatic carboxylic acids is 1. The molecule has 1 heterocycles. The summed E-state index contributed by atoms with van der Waals surface area (Å²) in [5.74, 6) is -0.943. The number of nitrogens with one attached hydrogen (secondary N) is 1. The molecule has 1 fully saturated rings. The van der Waals surface area contributed by atoms with Gasteiger partial charge in [-0.3, -0.25) is 19.8 Å². The largest absolute Gasteiger partial charge is 0.480 e. The highest BCUT2D eigenvalue weighted by atomic mass is 35.5. The van der Waals surface area contributed by atoms with E-state index in [9.17, 15) is 20.0 Å². The van der Waals surface area contributed by atoms with Crippen molar-refractivity contribution in [2.45, 2.75) is 12.6 Å². The molecule has 2 N–H and O–H groups in total. The third-order valence-electron chi connectivity index (χ3n) is 3.25. The molecule has 0 amide bonds. The lowest BCUT2D eigenvalue weighted by atomic mass is 10.1. The lowest BCUT2D eigenvalue weighted by Gasteiger charge is -2.33. The van der Waals surface area contributed by atoms with Crippen LogP contribution in [0.25, 0.3) is 0 Å². The first-order valence-corrected chi connectivity index (χ1v) is 6.47. The van der Waals surface area contributed by atoms with Crippen LogP contribution in [0.1, 0.15) is 5.56 Å². The zero-order valence-corrected chi connectivity index (χ0v) is 11.3. The summed E-state index contributed by atoms with van der Waals surface area (Å²) in [6.07, 6.45) is 0. The molecule has 0 saturated carbocycles. The van der Waals surface area contributed by atoms with Gasteiger partial charge in [-0.2, -0.15) is 0 Å². The minimum absolute atomic E-state index is 0.0444. The number of benzene rings is 1. The lowest BCUT2D eigenvalue weighted by Crippen LogP contribution is -2.54. The summed E-state index contributed by atoms with van der Waals surface area (Å²) in [6.45, 7) is 1.68. The normalized spacial score (nSPS) is 19.8.